The monoisotopic (exact) mass is 376 g/mol. The van der Waals surface area contributed by atoms with Crippen LogP contribution in [0.25, 0.3) is 0 Å². The molecule has 2 amide bonds. The van der Waals surface area contributed by atoms with Gasteiger partial charge in [0.25, 0.3) is 0 Å². The lowest BCUT2D eigenvalue weighted by atomic mass is 9.49. The van der Waals surface area contributed by atoms with Crippen LogP contribution in [0.4, 0.5) is 4.79 Å². The lowest BCUT2D eigenvalue weighted by Gasteiger charge is -2.56. The summed E-state index contributed by atoms with van der Waals surface area (Å²) in [7, 11) is 1.85. The molecule has 0 unspecified atom stereocenters. The highest BCUT2D eigenvalue weighted by atomic mass is 32.1. The number of ether oxygens (including phenoxy) is 1. The second-order valence-electron chi connectivity index (χ2n) is 8.33. The summed E-state index contributed by atoms with van der Waals surface area (Å²) in [6, 6.07) is 3.40. The fourth-order valence-electron chi connectivity index (χ4n) is 5.80. The van der Waals surface area contributed by atoms with Crippen LogP contribution in [0.1, 0.15) is 53.1 Å². The summed E-state index contributed by atoms with van der Waals surface area (Å²) >= 11 is 1.23. The number of primary amides is 1. The van der Waals surface area contributed by atoms with Crippen molar-refractivity contribution in [3.8, 4) is 0 Å². The van der Waals surface area contributed by atoms with E-state index in [0.29, 0.717) is 11.4 Å². The highest BCUT2D eigenvalue weighted by Crippen LogP contribution is 2.60. The Morgan fingerprint density at radius 2 is 1.73 bits per heavy atom. The molecule has 5 rings (SSSR count). The fraction of sp³-hybridized carbons (Fsp3) is 0.632. The molecule has 0 spiro atoms. The molecule has 6 nitrogen and oxygen atoms in total. The van der Waals surface area contributed by atoms with Crippen molar-refractivity contribution in [2.24, 2.45) is 28.9 Å². The number of amides is 2. The molecule has 1 aromatic rings. The lowest BCUT2D eigenvalue weighted by Crippen LogP contribution is -2.53. The minimum Gasteiger partial charge on any atom is -0.372 e. The first-order chi connectivity index (χ1) is 12.3. The van der Waals surface area contributed by atoms with Crippen molar-refractivity contribution in [3.63, 3.8) is 0 Å². The first-order valence-electron chi connectivity index (χ1n) is 9.20. The number of esters is 1. The Hall–Kier alpha value is -1.89. The number of rotatable bonds is 4. The molecule has 4 aliphatic carbocycles. The van der Waals surface area contributed by atoms with Crippen molar-refractivity contribution in [1.29, 1.82) is 0 Å². The van der Waals surface area contributed by atoms with E-state index in [1.807, 2.05) is 11.9 Å². The molecule has 0 aromatic carbocycles. The van der Waals surface area contributed by atoms with Gasteiger partial charge >= 0.3 is 12.1 Å². The van der Waals surface area contributed by atoms with Crippen molar-refractivity contribution >= 4 is 29.3 Å². The van der Waals surface area contributed by atoms with E-state index in [9.17, 15) is 14.4 Å². The number of hydrogen-bond donors (Lipinski definition) is 1. The molecule has 4 bridgehead atoms. The molecule has 4 fully saturated rings. The van der Waals surface area contributed by atoms with Crippen molar-refractivity contribution in [2.75, 3.05) is 7.05 Å². The summed E-state index contributed by atoms with van der Waals surface area (Å²) in [5.74, 6) is 1.71. The highest BCUT2D eigenvalue weighted by molar-refractivity contribution is 7.13. The van der Waals surface area contributed by atoms with Crippen LogP contribution in [0.5, 0.6) is 0 Å². The number of nitrogens with two attached hydrogens (primary N) is 1. The smallest absolute Gasteiger partial charge is 0.372 e. The van der Waals surface area contributed by atoms with Crippen LogP contribution < -0.4 is 5.73 Å². The molecule has 7 heteroatoms. The van der Waals surface area contributed by atoms with E-state index in [2.05, 4.69) is 4.74 Å². The molecule has 4 saturated carbocycles. The van der Waals surface area contributed by atoms with Gasteiger partial charge < -0.3 is 15.4 Å². The maximum Gasteiger partial charge on any atom is 0.412 e. The minimum absolute atomic E-state index is 0.158. The van der Waals surface area contributed by atoms with Gasteiger partial charge in [0, 0.05) is 11.9 Å². The highest BCUT2D eigenvalue weighted by Gasteiger charge is 2.55. The Kier molecular flexibility index (Phi) is 4.29. The number of hydrogen-bond acceptors (Lipinski definition) is 5. The van der Waals surface area contributed by atoms with E-state index in [-0.39, 0.29) is 11.3 Å². The zero-order valence-corrected chi connectivity index (χ0v) is 15.7. The zero-order chi connectivity index (χ0) is 18.5. The Morgan fingerprint density at radius 3 is 2.27 bits per heavy atom. The maximum absolute atomic E-state index is 13.3. The zero-order valence-electron chi connectivity index (χ0n) is 14.9. The van der Waals surface area contributed by atoms with Crippen molar-refractivity contribution in [2.45, 2.75) is 45.1 Å². The van der Waals surface area contributed by atoms with E-state index in [1.54, 1.807) is 12.1 Å². The first-order valence-corrected chi connectivity index (χ1v) is 10.0. The summed E-state index contributed by atoms with van der Waals surface area (Å²) in [4.78, 5) is 38.7. The third kappa shape index (κ3) is 3.13. The van der Waals surface area contributed by atoms with Crippen LogP contribution in [0.15, 0.2) is 12.1 Å². The van der Waals surface area contributed by atoms with Gasteiger partial charge in [0.1, 0.15) is 4.88 Å². The maximum atomic E-state index is 13.3. The topological polar surface area (TPSA) is 89.7 Å². The van der Waals surface area contributed by atoms with Gasteiger partial charge in [-0.15, -0.1) is 11.3 Å². The Labute approximate surface area is 156 Å². The van der Waals surface area contributed by atoms with E-state index in [0.717, 1.165) is 41.9 Å². The quantitative estimate of drug-likeness (QED) is 0.646. The standard InChI is InChI=1S/C19H24N2O4S/c1-21(10-14-2-3-15(26-14)16(22)25-18(20)24)17(23)19-7-11-4-12(8-19)6-13(5-11)9-19/h2-3,11-13H,4-10H2,1H3,(H2,20,24). The molecule has 1 aromatic heterocycles. The molecule has 140 valence electrons. The number of carbonyl (C=O) groups excluding carboxylic acids is 3. The van der Waals surface area contributed by atoms with Gasteiger partial charge in [0.05, 0.1) is 12.0 Å². The summed E-state index contributed by atoms with van der Waals surface area (Å²) in [5, 5.41) is 0. The minimum atomic E-state index is -1.11. The van der Waals surface area contributed by atoms with Gasteiger partial charge in [-0.05, 0) is 68.4 Å². The van der Waals surface area contributed by atoms with Gasteiger partial charge in [0.2, 0.25) is 5.91 Å². The van der Waals surface area contributed by atoms with Crippen LogP contribution >= 0.6 is 11.3 Å². The summed E-state index contributed by atoms with van der Waals surface area (Å²) in [6.45, 7) is 0.467. The Bertz CT molecular complexity index is 721. The van der Waals surface area contributed by atoms with Gasteiger partial charge in [-0.3, -0.25) is 4.79 Å². The van der Waals surface area contributed by atoms with Gasteiger partial charge in [0.15, 0.2) is 0 Å². The van der Waals surface area contributed by atoms with E-state index in [1.165, 1.54) is 30.6 Å². The summed E-state index contributed by atoms with van der Waals surface area (Å²) in [6.07, 6.45) is 5.96. The molecular weight excluding hydrogens is 352 g/mol. The largest absolute Gasteiger partial charge is 0.412 e. The third-order valence-corrected chi connectivity index (χ3v) is 7.34. The van der Waals surface area contributed by atoms with Crippen LogP contribution in [-0.2, 0) is 16.1 Å². The van der Waals surface area contributed by atoms with Crippen LogP contribution in [0, 0.1) is 23.2 Å². The second kappa shape index (κ2) is 6.37. The number of carbonyl (C=O) groups is 3. The molecule has 0 atom stereocenters. The average molecular weight is 376 g/mol. The first kappa shape index (κ1) is 17.5. The number of thiophene rings is 1. The predicted molar refractivity (Wildman–Crippen MR) is 96.4 cm³/mol. The SMILES string of the molecule is CN(Cc1ccc(C(=O)OC(N)=O)s1)C(=O)C12CC3CC(CC(C3)C1)C2. The van der Waals surface area contributed by atoms with Crippen LogP contribution in [0.3, 0.4) is 0 Å². The molecule has 26 heavy (non-hydrogen) atoms. The molecule has 0 saturated heterocycles. The predicted octanol–water partition coefficient (Wildman–Crippen LogP) is 3.16. The average Bonchev–Trinajstić information content (AvgIpc) is 3.00. The molecular formula is C19H24N2O4S. The van der Waals surface area contributed by atoms with Crippen LogP contribution in [-0.4, -0.2) is 29.9 Å². The molecule has 1 heterocycles. The van der Waals surface area contributed by atoms with E-state index < -0.39 is 12.1 Å². The second-order valence-corrected chi connectivity index (χ2v) is 9.50. The van der Waals surface area contributed by atoms with E-state index in [4.69, 9.17) is 5.73 Å². The summed E-state index contributed by atoms with van der Waals surface area (Å²) in [5.41, 5.74) is 4.71. The lowest BCUT2D eigenvalue weighted by molar-refractivity contribution is -0.156. The normalized spacial score (nSPS) is 31.7. The fourth-order valence-corrected chi connectivity index (χ4v) is 6.74. The van der Waals surface area contributed by atoms with Gasteiger partial charge in [-0.1, -0.05) is 0 Å². The molecule has 0 radical (unpaired) electrons. The van der Waals surface area contributed by atoms with Gasteiger partial charge in [-0.2, -0.15) is 0 Å². The molecule has 4 aliphatic rings. The van der Waals surface area contributed by atoms with Gasteiger partial charge in [-0.25, -0.2) is 9.59 Å². The third-order valence-electron chi connectivity index (χ3n) is 6.29. The Balaban J connectivity index is 1.43. The van der Waals surface area contributed by atoms with Crippen molar-refractivity contribution in [3.05, 3.63) is 21.9 Å². The molecule has 0 aliphatic heterocycles. The number of nitrogens with zero attached hydrogens (tertiary/aromatic N) is 1. The van der Waals surface area contributed by atoms with E-state index >= 15 is 0 Å². The molecule has 2 N–H and O–H groups in total. The van der Waals surface area contributed by atoms with Crippen molar-refractivity contribution < 1.29 is 19.1 Å². The Morgan fingerprint density at radius 1 is 1.15 bits per heavy atom. The van der Waals surface area contributed by atoms with Crippen LogP contribution in [0.2, 0.25) is 0 Å². The summed E-state index contributed by atoms with van der Waals surface area (Å²) < 4.78 is 4.40. The van der Waals surface area contributed by atoms with Crippen molar-refractivity contribution in [1.82, 2.24) is 4.90 Å².